The summed E-state index contributed by atoms with van der Waals surface area (Å²) in [6.45, 7) is 4.25. The van der Waals surface area contributed by atoms with E-state index < -0.39 is 54.9 Å². The highest BCUT2D eigenvalue weighted by molar-refractivity contribution is 5.90. The van der Waals surface area contributed by atoms with Gasteiger partial charge in [0.1, 0.15) is 31.7 Å². The van der Waals surface area contributed by atoms with Gasteiger partial charge >= 0.3 is 23.9 Å². The fourth-order valence-corrected chi connectivity index (χ4v) is 2.91. The van der Waals surface area contributed by atoms with Crippen molar-refractivity contribution in [2.75, 3.05) is 26.4 Å². The van der Waals surface area contributed by atoms with Crippen molar-refractivity contribution in [2.45, 2.75) is 51.0 Å². The van der Waals surface area contributed by atoms with Crippen LogP contribution in [0.15, 0.2) is 30.3 Å². The van der Waals surface area contributed by atoms with Crippen LogP contribution in [0.5, 0.6) is 0 Å². The molecule has 3 rings (SSSR count). The van der Waals surface area contributed by atoms with Gasteiger partial charge in [0, 0.05) is 5.56 Å². The van der Waals surface area contributed by atoms with Crippen LogP contribution in [0.3, 0.4) is 0 Å². The van der Waals surface area contributed by atoms with E-state index in [2.05, 4.69) is 0 Å². The van der Waals surface area contributed by atoms with Crippen LogP contribution in [0, 0.1) is 0 Å². The number of aliphatic carboxylic acids is 2. The minimum atomic E-state index is -1.22. The van der Waals surface area contributed by atoms with Crippen molar-refractivity contribution in [3.05, 3.63) is 35.9 Å². The Bertz CT molecular complexity index is 830. The zero-order valence-electron chi connectivity index (χ0n) is 18.8. The summed E-state index contributed by atoms with van der Waals surface area (Å²) in [7, 11) is 0. The van der Waals surface area contributed by atoms with Crippen LogP contribution < -0.4 is 0 Å². The first-order valence-electron chi connectivity index (χ1n) is 10.4. The first-order valence-corrected chi connectivity index (χ1v) is 10.4. The Labute approximate surface area is 195 Å². The molecule has 0 spiro atoms. The number of carbonyl (C=O) groups is 4. The number of hydrogen-bond acceptors (Lipinski definition) is 10. The maximum absolute atomic E-state index is 11.2. The van der Waals surface area contributed by atoms with Gasteiger partial charge in [-0.05, 0) is 13.8 Å². The van der Waals surface area contributed by atoms with Gasteiger partial charge in [-0.25, -0.2) is 0 Å². The monoisotopic (exact) mass is 484 g/mol. The van der Waals surface area contributed by atoms with Gasteiger partial charge in [-0.2, -0.15) is 0 Å². The Balaban J connectivity index is 0.000000248. The topological polar surface area (TPSA) is 164 Å². The second kappa shape index (κ2) is 13.0. The molecule has 2 fully saturated rings. The lowest BCUT2D eigenvalue weighted by molar-refractivity contribution is -0.229. The van der Waals surface area contributed by atoms with E-state index in [-0.39, 0.29) is 25.9 Å². The van der Waals surface area contributed by atoms with Crippen LogP contribution in [0.4, 0.5) is 0 Å². The molecule has 12 heteroatoms. The Morgan fingerprint density at radius 2 is 1.53 bits per heavy atom. The predicted octanol–water partition coefficient (Wildman–Crippen LogP) is 1.27. The SMILES string of the molecule is CC1(C)OCC(COC(=O)CC(=O)O)O1.O=C(O)CC(=O)OC1COC(c2ccccc2)OC1. The second-order valence-corrected chi connectivity index (χ2v) is 7.80. The van der Waals surface area contributed by atoms with Gasteiger partial charge in [-0.1, -0.05) is 30.3 Å². The Kier molecular flexibility index (Phi) is 10.4. The summed E-state index contributed by atoms with van der Waals surface area (Å²) in [6, 6.07) is 9.40. The molecule has 34 heavy (non-hydrogen) atoms. The third-order valence-electron chi connectivity index (χ3n) is 4.33. The fraction of sp³-hybridized carbons (Fsp3) is 0.545. The molecule has 0 radical (unpaired) electrons. The predicted molar refractivity (Wildman–Crippen MR) is 111 cm³/mol. The molecule has 188 valence electrons. The van der Waals surface area contributed by atoms with Gasteiger partial charge in [0.2, 0.25) is 0 Å². The van der Waals surface area contributed by atoms with E-state index in [4.69, 9.17) is 38.6 Å². The van der Waals surface area contributed by atoms with Crippen LogP contribution in [0.1, 0.15) is 38.5 Å². The summed E-state index contributed by atoms with van der Waals surface area (Å²) < 4.78 is 31.1. The molecule has 2 N–H and O–H groups in total. The normalized spacial score (nSPS) is 23.2. The average molecular weight is 484 g/mol. The number of carbonyl (C=O) groups excluding carboxylic acids is 2. The molecule has 1 unspecified atom stereocenters. The molecule has 1 aromatic rings. The Morgan fingerprint density at radius 3 is 2.06 bits per heavy atom. The number of ether oxygens (including phenoxy) is 6. The van der Waals surface area contributed by atoms with E-state index >= 15 is 0 Å². The van der Waals surface area contributed by atoms with Crippen LogP contribution in [-0.4, -0.2) is 78.5 Å². The molecule has 0 aliphatic carbocycles. The van der Waals surface area contributed by atoms with E-state index in [0.717, 1.165) is 5.56 Å². The summed E-state index contributed by atoms with van der Waals surface area (Å²) in [5.41, 5.74) is 0.887. The maximum Gasteiger partial charge on any atom is 0.317 e. The van der Waals surface area contributed by atoms with Gasteiger partial charge in [-0.3, -0.25) is 19.2 Å². The number of hydrogen-bond donors (Lipinski definition) is 2. The van der Waals surface area contributed by atoms with Crippen LogP contribution >= 0.6 is 0 Å². The van der Waals surface area contributed by atoms with E-state index in [0.29, 0.717) is 6.61 Å². The minimum Gasteiger partial charge on any atom is -0.481 e. The van der Waals surface area contributed by atoms with Crippen molar-refractivity contribution in [3.63, 3.8) is 0 Å². The number of carboxylic acid groups (broad SMARTS) is 2. The quantitative estimate of drug-likeness (QED) is 0.402. The molecule has 0 amide bonds. The highest BCUT2D eigenvalue weighted by Gasteiger charge is 2.33. The summed E-state index contributed by atoms with van der Waals surface area (Å²) in [5.74, 6) is -4.64. The molecule has 2 heterocycles. The van der Waals surface area contributed by atoms with Crippen molar-refractivity contribution in [1.29, 1.82) is 0 Å². The smallest absolute Gasteiger partial charge is 0.317 e. The minimum absolute atomic E-state index is 0.0234. The largest absolute Gasteiger partial charge is 0.481 e. The van der Waals surface area contributed by atoms with Gasteiger partial charge < -0.3 is 38.6 Å². The molecule has 1 atom stereocenters. The standard InChI is InChI=1S/C13H14O6.C9H14O6/c14-11(15)6-12(16)19-10-7-17-13(18-8-10)9-4-2-1-3-5-9;1-9(2)14-5-6(15-9)4-13-8(12)3-7(10)11/h1-5,10,13H,6-8H2,(H,14,15);6H,3-5H2,1-2H3,(H,10,11). The van der Waals surface area contributed by atoms with Gasteiger partial charge in [0.05, 0.1) is 19.8 Å². The van der Waals surface area contributed by atoms with Crippen LogP contribution in [-0.2, 0) is 47.6 Å². The lowest BCUT2D eigenvalue weighted by Crippen LogP contribution is -2.35. The Morgan fingerprint density at radius 1 is 0.941 bits per heavy atom. The number of carboxylic acids is 2. The summed E-state index contributed by atoms with van der Waals surface area (Å²) in [6.07, 6.45) is -2.64. The van der Waals surface area contributed by atoms with Crippen molar-refractivity contribution in [1.82, 2.24) is 0 Å². The number of benzene rings is 1. The third kappa shape index (κ3) is 10.3. The summed E-state index contributed by atoms with van der Waals surface area (Å²) >= 11 is 0. The molecule has 0 saturated carbocycles. The van der Waals surface area contributed by atoms with Crippen molar-refractivity contribution >= 4 is 23.9 Å². The van der Waals surface area contributed by atoms with Crippen molar-refractivity contribution in [3.8, 4) is 0 Å². The van der Waals surface area contributed by atoms with E-state index in [9.17, 15) is 19.2 Å². The number of rotatable bonds is 8. The van der Waals surface area contributed by atoms with Crippen molar-refractivity contribution < 1.29 is 57.8 Å². The zero-order chi connectivity index (χ0) is 25.1. The third-order valence-corrected chi connectivity index (χ3v) is 4.33. The zero-order valence-corrected chi connectivity index (χ0v) is 18.8. The van der Waals surface area contributed by atoms with Gasteiger partial charge in [0.15, 0.2) is 12.1 Å². The molecule has 2 aliphatic heterocycles. The van der Waals surface area contributed by atoms with E-state index in [1.165, 1.54) is 0 Å². The molecular formula is C22H28O12. The average Bonchev–Trinajstić information content (AvgIpc) is 3.11. The molecular weight excluding hydrogens is 456 g/mol. The highest BCUT2D eigenvalue weighted by atomic mass is 16.7. The van der Waals surface area contributed by atoms with Crippen LogP contribution in [0.25, 0.3) is 0 Å². The van der Waals surface area contributed by atoms with Crippen molar-refractivity contribution in [2.24, 2.45) is 0 Å². The van der Waals surface area contributed by atoms with Gasteiger partial charge in [0.25, 0.3) is 0 Å². The van der Waals surface area contributed by atoms with E-state index in [1.54, 1.807) is 13.8 Å². The lowest BCUT2D eigenvalue weighted by atomic mass is 10.2. The maximum atomic E-state index is 11.2. The molecule has 2 aliphatic rings. The summed E-state index contributed by atoms with van der Waals surface area (Å²) in [5, 5.41) is 16.7. The molecule has 2 saturated heterocycles. The molecule has 12 nitrogen and oxygen atoms in total. The highest BCUT2D eigenvalue weighted by Crippen LogP contribution is 2.24. The summed E-state index contributed by atoms with van der Waals surface area (Å²) in [4.78, 5) is 42.5. The number of esters is 2. The van der Waals surface area contributed by atoms with E-state index in [1.807, 2.05) is 30.3 Å². The Hall–Kier alpha value is -3.06. The molecule has 1 aromatic carbocycles. The molecule has 0 bridgehead atoms. The fourth-order valence-electron chi connectivity index (χ4n) is 2.91. The van der Waals surface area contributed by atoms with Gasteiger partial charge in [-0.15, -0.1) is 0 Å². The first kappa shape index (κ1) is 27.2. The molecule has 0 aromatic heterocycles. The second-order valence-electron chi connectivity index (χ2n) is 7.80. The lowest BCUT2D eigenvalue weighted by Gasteiger charge is -2.29. The first-order chi connectivity index (χ1) is 16.0. The van der Waals surface area contributed by atoms with Crippen LogP contribution in [0.2, 0.25) is 0 Å².